The summed E-state index contributed by atoms with van der Waals surface area (Å²) in [5.41, 5.74) is 1.24. The van der Waals surface area contributed by atoms with Gasteiger partial charge in [-0.15, -0.1) is 0 Å². The lowest BCUT2D eigenvalue weighted by atomic mass is 9.45. The molecule has 0 aliphatic heterocycles. The van der Waals surface area contributed by atoms with E-state index in [4.69, 9.17) is 5.26 Å². The highest BCUT2D eigenvalue weighted by Crippen LogP contribution is 2.67. The topological polar surface area (TPSA) is 23.8 Å². The Bertz CT molecular complexity index is 491. The standard InChI is InChI=1S/C22H35N/c1-21-13-4-3-6-16(21)8-10-18-19-11-9-17(7-5-15-23)22(19,2)14-12-20(18)21/h16-20H,3-14H2,1-2H3. The minimum Gasteiger partial charge on any atom is -0.198 e. The van der Waals surface area contributed by atoms with Crippen molar-refractivity contribution in [1.82, 2.24) is 0 Å². The fraction of sp³-hybridized carbons (Fsp3) is 0.955. The van der Waals surface area contributed by atoms with Crippen molar-refractivity contribution in [2.45, 2.75) is 90.9 Å². The Hall–Kier alpha value is -0.510. The molecule has 0 amide bonds. The fourth-order valence-corrected chi connectivity index (χ4v) is 8.12. The van der Waals surface area contributed by atoms with Crippen molar-refractivity contribution < 1.29 is 0 Å². The van der Waals surface area contributed by atoms with Crippen LogP contribution in [0.2, 0.25) is 0 Å². The van der Waals surface area contributed by atoms with Gasteiger partial charge in [-0.2, -0.15) is 5.26 Å². The summed E-state index contributed by atoms with van der Waals surface area (Å²) in [7, 11) is 0. The average molecular weight is 314 g/mol. The molecule has 1 heteroatoms. The summed E-state index contributed by atoms with van der Waals surface area (Å²) >= 11 is 0. The zero-order chi connectivity index (χ0) is 16.1. The molecule has 0 aromatic heterocycles. The van der Waals surface area contributed by atoms with Crippen LogP contribution in [0.4, 0.5) is 0 Å². The molecule has 0 spiro atoms. The van der Waals surface area contributed by atoms with Crippen molar-refractivity contribution in [2.24, 2.45) is 40.4 Å². The van der Waals surface area contributed by atoms with Crippen LogP contribution < -0.4 is 0 Å². The summed E-state index contributed by atoms with van der Waals surface area (Å²) in [6.07, 6.45) is 16.8. The zero-order valence-electron chi connectivity index (χ0n) is 15.3. The van der Waals surface area contributed by atoms with Crippen molar-refractivity contribution in [1.29, 1.82) is 5.26 Å². The Balaban J connectivity index is 1.57. The maximum absolute atomic E-state index is 9.01. The van der Waals surface area contributed by atoms with Gasteiger partial charge in [-0.05, 0) is 98.2 Å². The van der Waals surface area contributed by atoms with Gasteiger partial charge in [-0.3, -0.25) is 0 Å². The number of fused-ring (bicyclic) bond motifs is 5. The Labute approximate surface area is 143 Å². The predicted molar refractivity (Wildman–Crippen MR) is 94.7 cm³/mol. The molecule has 1 nitrogen and oxygen atoms in total. The Morgan fingerprint density at radius 1 is 0.870 bits per heavy atom. The molecule has 128 valence electrons. The molecular weight excluding hydrogens is 278 g/mol. The predicted octanol–water partition coefficient (Wildman–Crippen LogP) is 6.34. The summed E-state index contributed by atoms with van der Waals surface area (Å²) in [6.45, 7) is 5.29. The third-order valence-electron chi connectivity index (χ3n) is 9.38. The normalized spacial score (nSPS) is 52.1. The van der Waals surface area contributed by atoms with E-state index in [2.05, 4.69) is 19.9 Å². The molecule has 0 aromatic rings. The van der Waals surface area contributed by atoms with Crippen LogP contribution in [-0.4, -0.2) is 0 Å². The molecule has 7 atom stereocenters. The number of hydrogen-bond acceptors (Lipinski definition) is 1. The molecule has 0 saturated heterocycles. The van der Waals surface area contributed by atoms with Gasteiger partial charge in [-0.25, -0.2) is 0 Å². The van der Waals surface area contributed by atoms with Gasteiger partial charge in [0.15, 0.2) is 0 Å². The minimum absolute atomic E-state index is 0.565. The van der Waals surface area contributed by atoms with Gasteiger partial charge in [0.05, 0.1) is 6.07 Å². The summed E-state index contributed by atoms with van der Waals surface area (Å²) in [5, 5.41) is 9.01. The molecule has 0 aromatic carbocycles. The van der Waals surface area contributed by atoms with Gasteiger partial charge < -0.3 is 0 Å². The summed E-state index contributed by atoms with van der Waals surface area (Å²) < 4.78 is 0. The molecular formula is C22H35N. The van der Waals surface area contributed by atoms with Crippen molar-refractivity contribution in [2.75, 3.05) is 0 Å². The summed E-state index contributed by atoms with van der Waals surface area (Å²) in [6, 6.07) is 2.41. The van der Waals surface area contributed by atoms with Crippen molar-refractivity contribution in [3.8, 4) is 6.07 Å². The van der Waals surface area contributed by atoms with Crippen LogP contribution >= 0.6 is 0 Å². The van der Waals surface area contributed by atoms with E-state index in [1.54, 1.807) is 0 Å². The molecule has 4 saturated carbocycles. The maximum atomic E-state index is 9.01. The van der Waals surface area contributed by atoms with Crippen LogP contribution in [0, 0.1) is 51.8 Å². The van der Waals surface area contributed by atoms with E-state index in [1.165, 1.54) is 70.6 Å². The third-order valence-corrected chi connectivity index (χ3v) is 9.38. The van der Waals surface area contributed by atoms with E-state index in [9.17, 15) is 0 Å². The van der Waals surface area contributed by atoms with E-state index in [1.807, 2.05) is 0 Å². The van der Waals surface area contributed by atoms with Crippen LogP contribution in [0.25, 0.3) is 0 Å². The lowest BCUT2D eigenvalue weighted by molar-refractivity contribution is -0.111. The van der Waals surface area contributed by atoms with Gasteiger partial charge in [0.2, 0.25) is 0 Å². The van der Waals surface area contributed by atoms with Gasteiger partial charge in [0, 0.05) is 6.42 Å². The van der Waals surface area contributed by atoms with Gasteiger partial charge >= 0.3 is 0 Å². The largest absolute Gasteiger partial charge is 0.198 e. The lowest BCUT2D eigenvalue weighted by Gasteiger charge is -2.60. The van der Waals surface area contributed by atoms with E-state index >= 15 is 0 Å². The molecule has 4 aliphatic rings. The number of rotatable bonds is 2. The highest BCUT2D eigenvalue weighted by atomic mass is 14.6. The summed E-state index contributed by atoms with van der Waals surface area (Å²) in [5.74, 6) is 4.89. The van der Waals surface area contributed by atoms with Crippen LogP contribution in [-0.2, 0) is 0 Å². The van der Waals surface area contributed by atoms with Crippen LogP contribution in [0.15, 0.2) is 0 Å². The molecule has 0 radical (unpaired) electrons. The molecule has 7 unspecified atom stereocenters. The average Bonchev–Trinajstić information content (AvgIpc) is 2.89. The molecule has 0 N–H and O–H groups in total. The van der Waals surface area contributed by atoms with Crippen molar-refractivity contribution >= 4 is 0 Å². The first-order chi connectivity index (χ1) is 11.1. The quantitative estimate of drug-likeness (QED) is 0.583. The Morgan fingerprint density at radius 3 is 2.52 bits per heavy atom. The van der Waals surface area contributed by atoms with Gasteiger partial charge in [0.1, 0.15) is 0 Å². The molecule has 0 heterocycles. The lowest BCUT2D eigenvalue weighted by Crippen LogP contribution is -2.52. The molecule has 0 bridgehead atoms. The first kappa shape index (κ1) is 16.0. The highest BCUT2D eigenvalue weighted by molar-refractivity contribution is 5.08. The van der Waals surface area contributed by atoms with Crippen LogP contribution in [0.5, 0.6) is 0 Å². The zero-order valence-corrected chi connectivity index (χ0v) is 15.3. The second-order valence-corrected chi connectivity index (χ2v) is 9.92. The summed E-state index contributed by atoms with van der Waals surface area (Å²) in [4.78, 5) is 0. The number of nitriles is 1. The van der Waals surface area contributed by atoms with Crippen molar-refractivity contribution in [3.63, 3.8) is 0 Å². The molecule has 4 aliphatic carbocycles. The van der Waals surface area contributed by atoms with Crippen molar-refractivity contribution in [3.05, 3.63) is 0 Å². The van der Waals surface area contributed by atoms with Gasteiger partial charge in [0.25, 0.3) is 0 Å². The minimum atomic E-state index is 0.565. The smallest absolute Gasteiger partial charge is 0.0621 e. The first-order valence-electron chi connectivity index (χ1n) is 10.5. The number of nitrogens with zero attached hydrogens (tertiary/aromatic N) is 1. The van der Waals surface area contributed by atoms with E-state index in [0.29, 0.717) is 10.8 Å². The Kier molecular flexibility index (Phi) is 4.02. The van der Waals surface area contributed by atoms with Crippen LogP contribution in [0.1, 0.15) is 90.9 Å². The third kappa shape index (κ3) is 2.31. The monoisotopic (exact) mass is 313 g/mol. The second-order valence-electron chi connectivity index (χ2n) is 9.92. The van der Waals surface area contributed by atoms with E-state index in [-0.39, 0.29) is 0 Å². The van der Waals surface area contributed by atoms with Crippen LogP contribution in [0.3, 0.4) is 0 Å². The van der Waals surface area contributed by atoms with E-state index in [0.717, 1.165) is 36.0 Å². The SMILES string of the molecule is CC12CCCCC1CCC1C2CCC2(C)C(CCC#N)CCC12. The number of hydrogen-bond donors (Lipinski definition) is 0. The highest BCUT2D eigenvalue weighted by Gasteiger charge is 2.59. The maximum Gasteiger partial charge on any atom is 0.0621 e. The second kappa shape index (κ2) is 5.79. The van der Waals surface area contributed by atoms with Gasteiger partial charge in [-0.1, -0.05) is 26.7 Å². The molecule has 23 heavy (non-hydrogen) atoms. The Morgan fingerprint density at radius 2 is 1.70 bits per heavy atom. The van der Waals surface area contributed by atoms with E-state index < -0.39 is 0 Å². The fourth-order valence-electron chi connectivity index (χ4n) is 8.12. The first-order valence-corrected chi connectivity index (χ1v) is 10.5. The molecule has 4 rings (SSSR count). The molecule has 4 fully saturated rings.